The first-order chi connectivity index (χ1) is 8.70. The van der Waals surface area contributed by atoms with Crippen molar-refractivity contribution in [3.05, 3.63) is 0 Å². The van der Waals surface area contributed by atoms with Crippen molar-refractivity contribution in [2.45, 2.75) is 30.9 Å². The molecule has 102 valence electrons. The molecular weight excluding hydrogens is 250 g/mol. The Morgan fingerprint density at radius 1 is 1.39 bits per heavy atom. The monoisotopic (exact) mass is 271 g/mol. The molecule has 0 aromatic heterocycles. The number of thioether (sulfide) groups is 1. The summed E-state index contributed by atoms with van der Waals surface area (Å²) in [5.74, 6) is 2.57. The highest BCUT2D eigenvalue weighted by Gasteiger charge is 2.45. The van der Waals surface area contributed by atoms with Crippen LogP contribution in [0.4, 0.5) is 0 Å². The van der Waals surface area contributed by atoms with Crippen molar-refractivity contribution in [3.8, 4) is 0 Å². The van der Waals surface area contributed by atoms with E-state index in [0.29, 0.717) is 19.0 Å². The van der Waals surface area contributed by atoms with Crippen LogP contribution in [-0.4, -0.2) is 48.8 Å². The molecule has 2 N–H and O–H groups in total. The highest BCUT2D eigenvalue weighted by Crippen LogP contribution is 2.41. The van der Waals surface area contributed by atoms with E-state index in [1.807, 2.05) is 11.8 Å². The number of hydrogen-bond acceptors (Lipinski definition) is 5. The molecule has 3 aliphatic rings. The predicted octanol–water partition coefficient (Wildman–Crippen LogP) is 0.831. The van der Waals surface area contributed by atoms with Gasteiger partial charge in [-0.2, -0.15) is 11.8 Å². The fourth-order valence-electron chi connectivity index (χ4n) is 3.30. The summed E-state index contributed by atoms with van der Waals surface area (Å²) in [5, 5.41) is 0. The van der Waals surface area contributed by atoms with E-state index in [4.69, 9.17) is 15.2 Å². The predicted molar refractivity (Wildman–Crippen MR) is 70.6 cm³/mol. The lowest BCUT2D eigenvalue weighted by atomic mass is 9.78. The number of ketones is 1. The highest BCUT2D eigenvalue weighted by atomic mass is 32.2. The number of rotatable bonds is 2. The number of carbonyl (C=O) groups excluding carboxylic acids is 1. The third-order valence-electron chi connectivity index (χ3n) is 4.45. The summed E-state index contributed by atoms with van der Waals surface area (Å²) in [6.45, 7) is 1.76. The van der Waals surface area contributed by atoms with Gasteiger partial charge in [0.2, 0.25) is 0 Å². The van der Waals surface area contributed by atoms with Crippen LogP contribution in [-0.2, 0) is 14.3 Å². The van der Waals surface area contributed by atoms with Crippen molar-refractivity contribution in [2.24, 2.45) is 17.6 Å². The summed E-state index contributed by atoms with van der Waals surface area (Å²) in [5.41, 5.74) is 5.93. The molecule has 0 aromatic rings. The molecule has 3 fully saturated rings. The van der Waals surface area contributed by atoms with Gasteiger partial charge in [0.15, 0.2) is 0 Å². The van der Waals surface area contributed by atoms with Crippen molar-refractivity contribution < 1.29 is 14.3 Å². The third kappa shape index (κ3) is 2.33. The molecule has 3 saturated heterocycles. The van der Waals surface area contributed by atoms with Crippen LogP contribution in [0.2, 0.25) is 0 Å². The van der Waals surface area contributed by atoms with E-state index in [2.05, 4.69) is 0 Å². The van der Waals surface area contributed by atoms with Crippen molar-refractivity contribution in [1.29, 1.82) is 0 Å². The van der Waals surface area contributed by atoms with E-state index in [1.54, 1.807) is 0 Å². The van der Waals surface area contributed by atoms with Crippen LogP contribution >= 0.6 is 11.8 Å². The fourth-order valence-corrected chi connectivity index (χ4v) is 4.68. The second-order valence-electron chi connectivity index (χ2n) is 5.73. The minimum Gasteiger partial charge on any atom is -0.379 e. The molecule has 0 aromatic carbocycles. The molecule has 3 aliphatic heterocycles. The maximum Gasteiger partial charge on any atom is 0.143 e. The molecule has 3 heterocycles. The van der Waals surface area contributed by atoms with Crippen LogP contribution in [0.15, 0.2) is 0 Å². The number of ether oxygens (including phenoxy) is 2. The normalized spacial score (nSPS) is 44.6. The molecule has 0 radical (unpaired) electrons. The van der Waals surface area contributed by atoms with Gasteiger partial charge in [-0.05, 0) is 25.0 Å². The Balaban J connectivity index is 1.66. The maximum absolute atomic E-state index is 12.5. The molecule has 18 heavy (non-hydrogen) atoms. The molecular formula is C13H21NO3S. The molecule has 4 unspecified atom stereocenters. The van der Waals surface area contributed by atoms with Gasteiger partial charge in [0.05, 0.1) is 24.7 Å². The molecule has 0 bridgehead atoms. The Morgan fingerprint density at radius 2 is 2.28 bits per heavy atom. The van der Waals surface area contributed by atoms with Crippen LogP contribution < -0.4 is 5.73 Å². The Bertz CT molecular complexity index is 330. The molecule has 0 aliphatic carbocycles. The van der Waals surface area contributed by atoms with Gasteiger partial charge in [0.1, 0.15) is 5.78 Å². The number of carbonyl (C=O) groups is 1. The van der Waals surface area contributed by atoms with E-state index in [9.17, 15) is 4.79 Å². The quantitative estimate of drug-likeness (QED) is 0.806. The number of nitrogens with two attached hydrogens (primary N) is 1. The minimum absolute atomic E-state index is 0.0210. The van der Waals surface area contributed by atoms with E-state index in [0.717, 1.165) is 37.4 Å². The van der Waals surface area contributed by atoms with E-state index < -0.39 is 0 Å². The van der Waals surface area contributed by atoms with Gasteiger partial charge in [-0.3, -0.25) is 4.79 Å². The number of Topliss-reactive ketones (excluding diaryl/α,β-unsaturated/α-hetero) is 1. The zero-order valence-electron chi connectivity index (χ0n) is 10.6. The first-order valence-electron chi connectivity index (χ1n) is 6.79. The van der Waals surface area contributed by atoms with E-state index >= 15 is 0 Å². The first-order valence-corrected chi connectivity index (χ1v) is 7.94. The fraction of sp³-hybridized carbons (Fsp3) is 0.923. The van der Waals surface area contributed by atoms with Crippen LogP contribution in [0.25, 0.3) is 0 Å². The minimum atomic E-state index is -0.103. The average molecular weight is 271 g/mol. The molecule has 4 atom stereocenters. The second-order valence-corrected chi connectivity index (χ2v) is 6.84. The van der Waals surface area contributed by atoms with Crippen LogP contribution in [0, 0.1) is 11.8 Å². The van der Waals surface area contributed by atoms with Crippen LogP contribution in [0.3, 0.4) is 0 Å². The topological polar surface area (TPSA) is 61.5 Å². The lowest BCUT2D eigenvalue weighted by Crippen LogP contribution is -2.45. The summed E-state index contributed by atoms with van der Waals surface area (Å²) >= 11 is 1.94. The van der Waals surface area contributed by atoms with E-state index in [-0.39, 0.29) is 23.5 Å². The molecule has 0 saturated carbocycles. The van der Waals surface area contributed by atoms with Gasteiger partial charge in [-0.15, -0.1) is 0 Å². The van der Waals surface area contributed by atoms with Crippen LogP contribution in [0.5, 0.6) is 0 Å². The summed E-state index contributed by atoms with van der Waals surface area (Å²) in [6.07, 6.45) is 2.84. The Hall–Kier alpha value is -0.100. The number of hydrogen-bond donors (Lipinski definition) is 1. The zero-order chi connectivity index (χ0) is 12.6. The van der Waals surface area contributed by atoms with Crippen molar-refractivity contribution in [1.82, 2.24) is 0 Å². The van der Waals surface area contributed by atoms with Crippen LogP contribution in [0.1, 0.15) is 19.3 Å². The first kappa shape index (κ1) is 12.9. The van der Waals surface area contributed by atoms with Crippen molar-refractivity contribution >= 4 is 17.5 Å². The lowest BCUT2D eigenvalue weighted by molar-refractivity contribution is -0.138. The van der Waals surface area contributed by atoms with Gasteiger partial charge < -0.3 is 15.2 Å². The molecule has 0 amide bonds. The summed E-state index contributed by atoms with van der Waals surface area (Å²) in [4.78, 5) is 12.5. The van der Waals surface area contributed by atoms with Gasteiger partial charge in [-0.1, -0.05) is 0 Å². The van der Waals surface area contributed by atoms with E-state index in [1.165, 1.54) is 0 Å². The highest BCUT2D eigenvalue weighted by molar-refractivity contribution is 7.99. The Kier molecular flexibility index (Phi) is 3.67. The summed E-state index contributed by atoms with van der Waals surface area (Å²) in [6, 6.07) is -0.103. The largest absolute Gasteiger partial charge is 0.379 e. The Labute approximate surface area is 112 Å². The van der Waals surface area contributed by atoms with Gasteiger partial charge in [0.25, 0.3) is 0 Å². The summed E-state index contributed by atoms with van der Waals surface area (Å²) < 4.78 is 11.3. The van der Waals surface area contributed by atoms with Crippen molar-refractivity contribution in [3.63, 3.8) is 0 Å². The molecule has 5 heteroatoms. The SMILES string of the molecule is NC1COCC1C(=O)C1CCOC2(CCSC2)C1. The lowest BCUT2D eigenvalue weighted by Gasteiger charge is -2.38. The molecule has 1 spiro atoms. The zero-order valence-corrected chi connectivity index (χ0v) is 11.4. The molecule has 4 nitrogen and oxygen atoms in total. The average Bonchev–Trinajstić information content (AvgIpc) is 2.98. The second kappa shape index (κ2) is 5.12. The molecule has 3 rings (SSSR count). The Morgan fingerprint density at radius 3 is 2.94 bits per heavy atom. The van der Waals surface area contributed by atoms with Gasteiger partial charge in [0, 0.05) is 24.3 Å². The van der Waals surface area contributed by atoms with Crippen molar-refractivity contribution in [2.75, 3.05) is 31.3 Å². The van der Waals surface area contributed by atoms with Gasteiger partial charge >= 0.3 is 0 Å². The summed E-state index contributed by atoms with van der Waals surface area (Å²) in [7, 11) is 0. The third-order valence-corrected chi connectivity index (χ3v) is 5.68. The van der Waals surface area contributed by atoms with Gasteiger partial charge in [-0.25, -0.2) is 0 Å². The standard InChI is InChI=1S/C13H21NO3S/c14-11-7-16-6-10(11)12(15)9-1-3-17-13(5-9)2-4-18-8-13/h9-11H,1-8,14H2. The smallest absolute Gasteiger partial charge is 0.143 e. The maximum atomic E-state index is 12.5.